The van der Waals surface area contributed by atoms with Crippen LogP contribution in [-0.2, 0) is 19.5 Å². The molecule has 5 nitrogen and oxygen atoms in total. The standard InChI is InChI=1S/C17H20N4OS/c1-12-9-21-15-14(16(22)19-17(21)23-12)10-20(11-18-15)8-7-13-5-3-2-4-6-13/h2-6,12,18H,7-11H2,1H3/t12-/m1/s1. The largest absolute Gasteiger partial charge is 0.358 e. The average Bonchev–Trinajstić information content (AvgIpc) is 2.94. The molecule has 1 aromatic carbocycles. The summed E-state index contributed by atoms with van der Waals surface area (Å²) in [7, 11) is 0. The molecule has 0 amide bonds. The predicted octanol–water partition coefficient (Wildman–Crippen LogP) is 2.17. The Morgan fingerprint density at radius 2 is 2.17 bits per heavy atom. The Labute approximate surface area is 139 Å². The van der Waals surface area contributed by atoms with Gasteiger partial charge in [-0.3, -0.25) is 9.69 Å². The first kappa shape index (κ1) is 14.8. The van der Waals surface area contributed by atoms with Crippen molar-refractivity contribution in [1.29, 1.82) is 0 Å². The first-order valence-electron chi connectivity index (χ1n) is 8.01. The zero-order valence-electron chi connectivity index (χ0n) is 13.2. The number of aromatic nitrogens is 2. The fourth-order valence-electron chi connectivity index (χ4n) is 3.21. The van der Waals surface area contributed by atoms with Gasteiger partial charge in [0.1, 0.15) is 5.82 Å². The van der Waals surface area contributed by atoms with Crippen LogP contribution in [0.3, 0.4) is 0 Å². The van der Waals surface area contributed by atoms with E-state index >= 15 is 0 Å². The summed E-state index contributed by atoms with van der Waals surface area (Å²) in [5.74, 6) is 0.979. The lowest BCUT2D eigenvalue weighted by Gasteiger charge is -2.30. The maximum Gasteiger partial charge on any atom is 0.280 e. The van der Waals surface area contributed by atoms with Gasteiger partial charge in [-0.1, -0.05) is 49.0 Å². The van der Waals surface area contributed by atoms with Crippen LogP contribution in [0.4, 0.5) is 5.82 Å². The Morgan fingerprint density at radius 3 is 3.00 bits per heavy atom. The lowest BCUT2D eigenvalue weighted by Crippen LogP contribution is -2.40. The zero-order valence-corrected chi connectivity index (χ0v) is 14.0. The summed E-state index contributed by atoms with van der Waals surface area (Å²) in [4.78, 5) is 18.9. The van der Waals surface area contributed by atoms with Crippen LogP contribution in [0, 0.1) is 0 Å². The second-order valence-electron chi connectivity index (χ2n) is 6.19. The van der Waals surface area contributed by atoms with Gasteiger partial charge < -0.3 is 9.88 Å². The minimum absolute atomic E-state index is 0.0789. The van der Waals surface area contributed by atoms with E-state index in [0.29, 0.717) is 11.8 Å². The predicted molar refractivity (Wildman–Crippen MR) is 92.9 cm³/mol. The Morgan fingerprint density at radius 1 is 1.35 bits per heavy atom. The second kappa shape index (κ2) is 6.02. The van der Waals surface area contributed by atoms with Crippen LogP contribution < -0.4 is 10.9 Å². The molecule has 1 atom stereocenters. The molecule has 4 rings (SSSR count). The molecule has 1 N–H and O–H groups in total. The van der Waals surface area contributed by atoms with Gasteiger partial charge in [-0.15, -0.1) is 0 Å². The summed E-state index contributed by atoms with van der Waals surface area (Å²) >= 11 is 1.68. The molecule has 23 heavy (non-hydrogen) atoms. The molecule has 2 aliphatic heterocycles. The topological polar surface area (TPSA) is 50.2 Å². The van der Waals surface area contributed by atoms with Crippen LogP contribution in [0.1, 0.15) is 18.1 Å². The van der Waals surface area contributed by atoms with Crippen LogP contribution in [0.2, 0.25) is 0 Å². The van der Waals surface area contributed by atoms with E-state index in [1.807, 2.05) is 6.07 Å². The third-order valence-corrected chi connectivity index (χ3v) is 5.47. The monoisotopic (exact) mass is 328 g/mol. The molecule has 0 bridgehead atoms. The van der Waals surface area contributed by atoms with Crippen molar-refractivity contribution >= 4 is 17.6 Å². The first-order valence-corrected chi connectivity index (χ1v) is 8.89. The molecule has 120 valence electrons. The highest BCUT2D eigenvalue weighted by Crippen LogP contribution is 2.34. The van der Waals surface area contributed by atoms with Crippen molar-refractivity contribution in [3.63, 3.8) is 0 Å². The van der Waals surface area contributed by atoms with Gasteiger partial charge in [0.15, 0.2) is 5.16 Å². The maximum absolute atomic E-state index is 12.3. The molecule has 0 aliphatic carbocycles. The first-order chi connectivity index (χ1) is 11.2. The highest BCUT2D eigenvalue weighted by Gasteiger charge is 2.28. The molecule has 0 spiro atoms. The molecule has 0 saturated heterocycles. The second-order valence-corrected chi connectivity index (χ2v) is 7.59. The van der Waals surface area contributed by atoms with Crippen molar-refractivity contribution in [3.8, 4) is 0 Å². The van der Waals surface area contributed by atoms with Gasteiger partial charge in [0, 0.05) is 24.9 Å². The number of hydrogen-bond acceptors (Lipinski definition) is 5. The SMILES string of the molecule is C[C@@H]1Cn2c(nc(=O)c3c2NCN(CCc2ccccc2)C3)S1. The number of thioether (sulfide) groups is 1. The molecular weight excluding hydrogens is 308 g/mol. The highest BCUT2D eigenvalue weighted by molar-refractivity contribution is 7.99. The van der Waals surface area contributed by atoms with Gasteiger partial charge >= 0.3 is 0 Å². The summed E-state index contributed by atoms with van der Waals surface area (Å²) in [6, 6.07) is 10.5. The summed E-state index contributed by atoms with van der Waals surface area (Å²) in [5, 5.41) is 4.78. The Balaban J connectivity index is 1.52. The number of nitrogens with zero attached hydrogens (tertiary/aromatic N) is 3. The van der Waals surface area contributed by atoms with E-state index in [0.717, 1.165) is 42.7 Å². The third-order valence-electron chi connectivity index (χ3n) is 4.40. The van der Waals surface area contributed by atoms with Crippen LogP contribution in [0.15, 0.2) is 40.3 Å². The Kier molecular flexibility index (Phi) is 3.87. The molecule has 0 saturated carbocycles. The van der Waals surface area contributed by atoms with E-state index in [4.69, 9.17) is 0 Å². The quantitative estimate of drug-likeness (QED) is 0.875. The summed E-state index contributed by atoms with van der Waals surface area (Å²) in [6.45, 7) is 5.49. The van der Waals surface area contributed by atoms with E-state index in [1.165, 1.54) is 5.56 Å². The number of anilines is 1. The fourth-order valence-corrected chi connectivity index (χ4v) is 4.22. The molecule has 6 heteroatoms. The lowest BCUT2D eigenvalue weighted by atomic mass is 10.1. The van der Waals surface area contributed by atoms with Crippen LogP contribution >= 0.6 is 11.8 Å². The minimum Gasteiger partial charge on any atom is -0.358 e. The van der Waals surface area contributed by atoms with Gasteiger partial charge in [-0.25, -0.2) is 0 Å². The van der Waals surface area contributed by atoms with Gasteiger partial charge in [0.25, 0.3) is 5.56 Å². The highest BCUT2D eigenvalue weighted by atomic mass is 32.2. The number of benzene rings is 1. The van der Waals surface area contributed by atoms with E-state index < -0.39 is 0 Å². The van der Waals surface area contributed by atoms with Gasteiger partial charge in [-0.2, -0.15) is 4.98 Å². The number of nitrogens with one attached hydrogen (secondary N) is 1. The van der Waals surface area contributed by atoms with Crippen molar-refractivity contribution < 1.29 is 0 Å². The molecule has 0 unspecified atom stereocenters. The van der Waals surface area contributed by atoms with Crippen LogP contribution in [0.25, 0.3) is 0 Å². The van der Waals surface area contributed by atoms with Crippen LogP contribution in [-0.4, -0.2) is 32.9 Å². The molecule has 1 aromatic heterocycles. The lowest BCUT2D eigenvalue weighted by molar-refractivity contribution is 0.274. The molecule has 0 fully saturated rings. The minimum atomic E-state index is -0.0789. The van der Waals surface area contributed by atoms with Gasteiger partial charge in [0.2, 0.25) is 0 Å². The van der Waals surface area contributed by atoms with Crippen LogP contribution in [0.5, 0.6) is 0 Å². The van der Waals surface area contributed by atoms with E-state index in [2.05, 4.69) is 51.0 Å². The Bertz CT molecular complexity index is 774. The molecular formula is C17H20N4OS. The number of rotatable bonds is 3. The average molecular weight is 328 g/mol. The van der Waals surface area contributed by atoms with E-state index in [1.54, 1.807) is 11.8 Å². The molecule has 3 heterocycles. The maximum atomic E-state index is 12.3. The van der Waals surface area contributed by atoms with Crippen molar-refractivity contribution in [1.82, 2.24) is 14.5 Å². The van der Waals surface area contributed by atoms with Crippen molar-refractivity contribution in [2.45, 2.75) is 36.8 Å². The summed E-state index contributed by atoms with van der Waals surface area (Å²) in [5.41, 5.74) is 2.06. The molecule has 2 aromatic rings. The normalized spacial score (nSPS) is 20.0. The van der Waals surface area contributed by atoms with E-state index in [-0.39, 0.29) is 5.56 Å². The third kappa shape index (κ3) is 2.88. The van der Waals surface area contributed by atoms with Gasteiger partial charge in [-0.05, 0) is 12.0 Å². The van der Waals surface area contributed by atoms with Crippen molar-refractivity contribution in [3.05, 3.63) is 51.8 Å². The Hall–Kier alpha value is -1.79. The number of fused-ring (bicyclic) bond motifs is 3. The molecule has 2 aliphatic rings. The van der Waals surface area contributed by atoms with Crippen molar-refractivity contribution in [2.75, 3.05) is 18.5 Å². The summed E-state index contributed by atoms with van der Waals surface area (Å²) < 4.78 is 2.17. The smallest absolute Gasteiger partial charge is 0.280 e. The van der Waals surface area contributed by atoms with E-state index in [9.17, 15) is 4.79 Å². The number of hydrogen-bond donors (Lipinski definition) is 1. The fraction of sp³-hybridized carbons (Fsp3) is 0.412. The van der Waals surface area contributed by atoms with Gasteiger partial charge in [0.05, 0.1) is 12.2 Å². The van der Waals surface area contributed by atoms with Crippen molar-refractivity contribution in [2.24, 2.45) is 0 Å². The zero-order chi connectivity index (χ0) is 15.8. The summed E-state index contributed by atoms with van der Waals surface area (Å²) in [6.07, 6.45) is 0.991. The molecule has 0 radical (unpaired) electrons.